The quantitative estimate of drug-likeness (QED) is 0.159. The summed E-state index contributed by atoms with van der Waals surface area (Å²) in [4.78, 5) is 32.3. The Bertz CT molecular complexity index is 2690. The summed E-state index contributed by atoms with van der Waals surface area (Å²) in [6.07, 6.45) is 0. The first-order valence-electron chi connectivity index (χ1n) is 19.3. The highest BCUT2D eigenvalue weighted by Crippen LogP contribution is 2.67. The third-order valence-corrected chi connectivity index (χ3v) is 14.3. The zero-order valence-corrected chi connectivity index (χ0v) is 29.1. The number of hydrogen-bond acceptors (Lipinski definition) is 2. The third kappa shape index (κ3) is 2.94. The topological polar surface area (TPSA) is 34.1 Å². The first-order valence-corrected chi connectivity index (χ1v) is 19.3. The Balaban J connectivity index is 1.16. The standard InChI is InChI=1S/C52H30O2/c53-51-47-41-33-21-9-11-23-35(33)42(36-24-12-10-22-34(36)41)48(47)52(54)50-46-40-31-19-7-3-15-27(31)38(28-16-4-8-20-32(28)40)44(46)43-37-25-13-1-5-17-29(25)39(45(43)49(50)51)30-18-6-2-14-26(30)37/h1-24,37-42H. The van der Waals surface area contributed by atoms with Crippen LogP contribution in [0.15, 0.2) is 157 Å². The average molecular weight is 687 g/mol. The van der Waals surface area contributed by atoms with Crippen molar-refractivity contribution >= 4 is 11.6 Å². The van der Waals surface area contributed by atoms with Crippen LogP contribution in [0, 0.1) is 0 Å². The van der Waals surface area contributed by atoms with E-state index in [-0.39, 0.29) is 47.1 Å². The van der Waals surface area contributed by atoms with Gasteiger partial charge in [0.2, 0.25) is 0 Å². The summed E-state index contributed by atoms with van der Waals surface area (Å²) in [6, 6.07) is 52.6. The summed E-state index contributed by atoms with van der Waals surface area (Å²) in [5.41, 5.74) is 22.5. The Morgan fingerprint density at radius 3 is 0.648 bits per heavy atom. The minimum Gasteiger partial charge on any atom is -0.289 e. The molecule has 0 saturated heterocycles. The van der Waals surface area contributed by atoms with E-state index in [2.05, 4.69) is 146 Å². The molecular weight excluding hydrogens is 657 g/mol. The van der Waals surface area contributed by atoms with Crippen molar-refractivity contribution in [2.24, 2.45) is 0 Å². The van der Waals surface area contributed by atoms with Gasteiger partial charge in [0.05, 0.1) is 0 Å². The van der Waals surface area contributed by atoms with Crippen molar-refractivity contribution in [3.63, 3.8) is 0 Å². The van der Waals surface area contributed by atoms with E-state index in [1.165, 1.54) is 55.6 Å². The lowest BCUT2D eigenvalue weighted by Crippen LogP contribution is -2.42. The Morgan fingerprint density at radius 2 is 0.426 bits per heavy atom. The summed E-state index contributed by atoms with van der Waals surface area (Å²) in [6.45, 7) is 0. The van der Waals surface area contributed by atoms with Crippen molar-refractivity contribution < 1.29 is 9.59 Å². The number of ketones is 2. The molecule has 54 heavy (non-hydrogen) atoms. The molecule has 0 saturated carbocycles. The molecule has 0 atom stereocenters. The van der Waals surface area contributed by atoms with Crippen LogP contribution in [-0.4, -0.2) is 11.6 Å². The Labute approximate surface area is 312 Å². The summed E-state index contributed by atoms with van der Waals surface area (Å²) in [7, 11) is 0. The van der Waals surface area contributed by atoms with E-state index >= 15 is 9.59 Å². The van der Waals surface area contributed by atoms with Crippen LogP contribution in [0.1, 0.15) is 145 Å². The molecule has 0 heterocycles. The maximum Gasteiger partial charge on any atom is 0.191 e. The first-order chi connectivity index (χ1) is 26.7. The molecule has 2 heteroatoms. The fourth-order valence-corrected chi connectivity index (χ4v) is 12.7. The van der Waals surface area contributed by atoms with Gasteiger partial charge in [-0.3, -0.25) is 9.59 Å². The predicted molar refractivity (Wildman–Crippen MR) is 208 cm³/mol. The van der Waals surface area contributed by atoms with Gasteiger partial charge in [0.25, 0.3) is 0 Å². The fraction of sp³-hybridized carbons (Fsp3) is 0.115. The Kier molecular flexibility index (Phi) is 4.90. The zero-order chi connectivity index (χ0) is 35.1. The normalized spacial score (nSPS) is 24.3. The van der Waals surface area contributed by atoms with Gasteiger partial charge in [-0.05, 0) is 89.0 Å². The second kappa shape index (κ2) is 9.40. The predicted octanol–water partition coefficient (Wildman–Crippen LogP) is 10.6. The monoisotopic (exact) mass is 686 g/mol. The number of Topliss-reactive ketones (excluding diaryl/α,β-unsaturated/α-hetero) is 2. The molecule has 250 valence electrons. The minimum atomic E-state index is -0.271. The number of benzene rings is 7. The number of carbonyl (C=O) groups excluding carboxylic acids is 2. The van der Waals surface area contributed by atoms with Crippen molar-refractivity contribution in [2.75, 3.05) is 0 Å². The molecular formula is C52H30O2. The molecule has 7 aromatic carbocycles. The van der Waals surface area contributed by atoms with Gasteiger partial charge in [-0.25, -0.2) is 0 Å². The molecule has 0 amide bonds. The summed E-state index contributed by atoms with van der Waals surface area (Å²) < 4.78 is 0. The third-order valence-electron chi connectivity index (χ3n) is 14.3. The van der Waals surface area contributed by atoms with E-state index in [1.54, 1.807) is 0 Å². The van der Waals surface area contributed by atoms with Gasteiger partial charge < -0.3 is 0 Å². The molecule has 0 aliphatic heterocycles. The van der Waals surface area contributed by atoms with Crippen LogP contribution in [-0.2, 0) is 0 Å². The van der Waals surface area contributed by atoms with Crippen LogP contribution >= 0.6 is 0 Å². The van der Waals surface area contributed by atoms with Gasteiger partial charge in [-0.1, -0.05) is 146 Å². The van der Waals surface area contributed by atoms with Crippen LogP contribution in [0.2, 0.25) is 0 Å². The van der Waals surface area contributed by atoms with Gasteiger partial charge in [0.1, 0.15) is 0 Å². The van der Waals surface area contributed by atoms with Gasteiger partial charge in [0.15, 0.2) is 11.6 Å². The number of rotatable bonds is 0. The van der Waals surface area contributed by atoms with Crippen LogP contribution in [0.4, 0.5) is 0 Å². The molecule has 0 aromatic heterocycles. The summed E-state index contributed by atoms with van der Waals surface area (Å²) in [5, 5.41) is 0. The lowest BCUT2D eigenvalue weighted by molar-refractivity contribution is 0.0961. The van der Waals surface area contributed by atoms with Crippen LogP contribution in [0.3, 0.4) is 0 Å². The molecule has 17 rings (SSSR count). The Hall–Kier alpha value is -6.38. The highest BCUT2D eigenvalue weighted by atomic mass is 16.1. The lowest BCUT2D eigenvalue weighted by atomic mass is 9.50. The van der Waals surface area contributed by atoms with E-state index in [1.807, 2.05) is 0 Å². The maximum atomic E-state index is 16.2. The molecule has 2 nitrogen and oxygen atoms in total. The van der Waals surface area contributed by atoms with Gasteiger partial charge in [-0.15, -0.1) is 0 Å². The molecule has 0 radical (unpaired) electrons. The molecule has 0 N–H and O–H groups in total. The SMILES string of the molecule is O=C1C2=C(C(=O)c3c1c1c(c4c3C3c5ccccc5C4c4ccccc43)C3c4ccccc4C1c1ccccc13)C1c3ccccc3C2c2ccccc21. The number of carbonyl (C=O) groups is 2. The zero-order valence-electron chi connectivity index (χ0n) is 29.1. The van der Waals surface area contributed by atoms with Crippen molar-refractivity contribution in [3.8, 4) is 0 Å². The molecule has 6 bridgehead atoms. The Morgan fingerprint density at radius 1 is 0.241 bits per heavy atom. The van der Waals surface area contributed by atoms with Gasteiger partial charge in [0, 0.05) is 57.8 Å². The number of allylic oxidation sites excluding steroid dienone is 2. The highest BCUT2D eigenvalue weighted by molar-refractivity contribution is 6.31. The van der Waals surface area contributed by atoms with Crippen LogP contribution in [0.5, 0.6) is 0 Å². The molecule has 0 fully saturated rings. The second-order valence-electron chi connectivity index (χ2n) is 16.3. The second-order valence-corrected chi connectivity index (χ2v) is 16.3. The average Bonchev–Trinajstić information content (AvgIpc) is 3.24. The largest absolute Gasteiger partial charge is 0.289 e. The van der Waals surface area contributed by atoms with Crippen molar-refractivity contribution in [2.45, 2.75) is 35.5 Å². The smallest absolute Gasteiger partial charge is 0.191 e. The maximum absolute atomic E-state index is 16.2. The molecule has 10 aliphatic carbocycles. The minimum absolute atomic E-state index is 0.0299. The number of fused-ring (bicyclic) bond motifs is 1. The first kappa shape index (κ1) is 28.2. The lowest BCUT2D eigenvalue weighted by Gasteiger charge is -2.52. The van der Waals surface area contributed by atoms with E-state index < -0.39 is 0 Å². The highest BCUT2D eigenvalue weighted by Gasteiger charge is 2.57. The van der Waals surface area contributed by atoms with E-state index in [0.717, 1.165) is 33.4 Å². The molecule has 10 aliphatic rings. The van der Waals surface area contributed by atoms with E-state index in [4.69, 9.17) is 0 Å². The van der Waals surface area contributed by atoms with Crippen molar-refractivity contribution in [3.05, 3.63) is 257 Å². The van der Waals surface area contributed by atoms with E-state index in [0.29, 0.717) is 22.3 Å². The summed E-state index contributed by atoms with van der Waals surface area (Å²) >= 11 is 0. The summed E-state index contributed by atoms with van der Waals surface area (Å²) in [5.74, 6) is -0.760. The molecule has 0 unspecified atom stereocenters. The molecule has 7 aromatic rings. The number of hydrogen-bond donors (Lipinski definition) is 0. The van der Waals surface area contributed by atoms with Crippen LogP contribution < -0.4 is 0 Å². The van der Waals surface area contributed by atoms with Crippen LogP contribution in [0.25, 0.3) is 0 Å². The van der Waals surface area contributed by atoms with Crippen molar-refractivity contribution in [1.82, 2.24) is 0 Å². The molecule has 0 spiro atoms. The fourth-order valence-electron chi connectivity index (χ4n) is 12.7. The van der Waals surface area contributed by atoms with Crippen molar-refractivity contribution in [1.29, 1.82) is 0 Å². The van der Waals surface area contributed by atoms with E-state index in [9.17, 15) is 0 Å². The van der Waals surface area contributed by atoms with Gasteiger partial charge in [-0.2, -0.15) is 0 Å². The van der Waals surface area contributed by atoms with Gasteiger partial charge >= 0.3 is 0 Å².